The molecule has 32 heavy (non-hydrogen) atoms. The molecule has 2 N–H and O–H groups in total. The second kappa shape index (κ2) is 9.41. The van der Waals surface area contributed by atoms with E-state index in [0.717, 1.165) is 11.4 Å². The van der Waals surface area contributed by atoms with Crippen molar-refractivity contribution in [1.82, 2.24) is 4.57 Å². The number of hydrogen-bond donors (Lipinski definition) is 2. The molecule has 162 valence electrons. The summed E-state index contributed by atoms with van der Waals surface area (Å²) in [5.74, 6) is -1.09. The van der Waals surface area contributed by atoms with Crippen molar-refractivity contribution in [1.29, 1.82) is 5.26 Å². The maximum Gasteiger partial charge on any atom is 0.337 e. The first-order chi connectivity index (χ1) is 15.2. The molecule has 0 spiro atoms. The highest BCUT2D eigenvalue weighted by Gasteiger charge is 2.16. The number of nitriles is 1. The Hall–Kier alpha value is -4.02. The highest BCUT2D eigenvalue weighted by atomic mass is 35.5. The third-order valence-electron chi connectivity index (χ3n) is 4.90. The maximum atomic E-state index is 12.6. The van der Waals surface area contributed by atoms with Crippen LogP contribution in [0.3, 0.4) is 0 Å². The molecule has 0 aliphatic carbocycles. The molecule has 3 rings (SSSR count). The number of rotatable bonds is 6. The van der Waals surface area contributed by atoms with Gasteiger partial charge in [0.25, 0.3) is 5.91 Å². The topological polar surface area (TPSA) is 104 Å². The zero-order valence-electron chi connectivity index (χ0n) is 17.6. The van der Waals surface area contributed by atoms with Crippen molar-refractivity contribution in [3.63, 3.8) is 0 Å². The van der Waals surface area contributed by atoms with E-state index in [4.69, 9.17) is 16.3 Å². The predicted molar refractivity (Wildman–Crippen MR) is 122 cm³/mol. The van der Waals surface area contributed by atoms with Gasteiger partial charge < -0.3 is 19.7 Å². The Morgan fingerprint density at radius 3 is 2.59 bits per heavy atom. The number of ether oxygens (including phenoxy) is 1. The van der Waals surface area contributed by atoms with E-state index in [1.807, 2.05) is 30.6 Å². The zero-order valence-corrected chi connectivity index (χ0v) is 18.4. The number of carboxylic acid groups (broad SMARTS) is 1. The molecule has 8 heteroatoms. The molecule has 2 aromatic carbocycles. The fourth-order valence-corrected chi connectivity index (χ4v) is 3.55. The Bertz CT molecular complexity index is 1280. The van der Waals surface area contributed by atoms with E-state index in [9.17, 15) is 20.0 Å². The lowest BCUT2D eigenvalue weighted by Gasteiger charge is -2.11. The molecule has 0 bridgehead atoms. The van der Waals surface area contributed by atoms with Crippen molar-refractivity contribution in [2.24, 2.45) is 0 Å². The summed E-state index contributed by atoms with van der Waals surface area (Å²) in [6, 6.07) is 15.3. The van der Waals surface area contributed by atoms with Crippen molar-refractivity contribution in [2.75, 3.05) is 12.4 Å². The number of amides is 1. The summed E-state index contributed by atoms with van der Waals surface area (Å²) in [6.07, 6.45) is 1.50. The number of aromatic nitrogens is 1. The van der Waals surface area contributed by atoms with Gasteiger partial charge in [0, 0.05) is 28.8 Å². The summed E-state index contributed by atoms with van der Waals surface area (Å²) in [5.41, 5.74) is 3.23. The third-order valence-corrected chi connectivity index (χ3v) is 5.23. The van der Waals surface area contributed by atoms with Gasteiger partial charge in [-0.3, -0.25) is 4.79 Å². The fraction of sp³-hybridized carbons (Fsp3) is 0.125. The lowest BCUT2D eigenvalue weighted by Crippen LogP contribution is -2.13. The van der Waals surface area contributed by atoms with Gasteiger partial charge in [-0.05, 0) is 61.9 Å². The van der Waals surface area contributed by atoms with Crippen LogP contribution in [0.2, 0.25) is 5.02 Å². The number of aromatic carboxylic acids is 1. The maximum absolute atomic E-state index is 12.6. The van der Waals surface area contributed by atoms with Gasteiger partial charge in [-0.15, -0.1) is 0 Å². The monoisotopic (exact) mass is 449 g/mol. The van der Waals surface area contributed by atoms with Crippen LogP contribution in [-0.2, 0) is 4.79 Å². The Labute approximate surface area is 190 Å². The van der Waals surface area contributed by atoms with Gasteiger partial charge in [-0.25, -0.2) is 4.79 Å². The number of methoxy groups -OCH3 is 1. The van der Waals surface area contributed by atoms with Gasteiger partial charge in [0.05, 0.1) is 17.7 Å². The quantitative estimate of drug-likeness (QED) is 0.407. The highest BCUT2D eigenvalue weighted by molar-refractivity contribution is 6.33. The first-order valence-electron chi connectivity index (χ1n) is 9.54. The molecule has 3 aromatic rings. The smallest absolute Gasteiger partial charge is 0.337 e. The number of anilines is 1. The Balaban J connectivity index is 1.96. The van der Waals surface area contributed by atoms with Crippen molar-refractivity contribution >= 4 is 35.2 Å². The van der Waals surface area contributed by atoms with Gasteiger partial charge in [0.15, 0.2) is 0 Å². The van der Waals surface area contributed by atoms with Crippen LogP contribution in [0.5, 0.6) is 5.75 Å². The van der Waals surface area contributed by atoms with Gasteiger partial charge in [0.1, 0.15) is 17.4 Å². The molecule has 0 saturated heterocycles. The number of carbonyl (C=O) groups excluding carboxylic acids is 1. The molecule has 0 atom stereocenters. The number of halogens is 1. The van der Waals surface area contributed by atoms with E-state index in [0.29, 0.717) is 22.7 Å². The molecule has 0 aliphatic rings. The van der Waals surface area contributed by atoms with Crippen LogP contribution in [0.15, 0.2) is 54.1 Å². The first kappa shape index (κ1) is 22.7. The number of carboxylic acids is 1. The minimum absolute atomic E-state index is 0.0101. The zero-order chi connectivity index (χ0) is 23.4. The Morgan fingerprint density at radius 1 is 1.19 bits per heavy atom. The number of aryl methyl sites for hydroxylation is 1. The van der Waals surface area contributed by atoms with Crippen LogP contribution in [0.25, 0.3) is 11.8 Å². The molecule has 0 aliphatic heterocycles. The van der Waals surface area contributed by atoms with Crippen molar-refractivity contribution < 1.29 is 19.4 Å². The SMILES string of the molecule is COc1cccc(NC(=O)/C(C#N)=C\c2cc(C)n(-c3ccc(Cl)c(C(=O)O)c3)c2C)c1. The van der Waals surface area contributed by atoms with Gasteiger partial charge in [-0.1, -0.05) is 17.7 Å². The minimum atomic E-state index is -1.12. The number of hydrogen-bond acceptors (Lipinski definition) is 4. The normalized spacial score (nSPS) is 11.0. The largest absolute Gasteiger partial charge is 0.497 e. The molecule has 7 nitrogen and oxygen atoms in total. The molecule has 0 unspecified atom stereocenters. The van der Waals surface area contributed by atoms with Crippen molar-refractivity contribution in [3.8, 4) is 17.5 Å². The van der Waals surface area contributed by atoms with E-state index < -0.39 is 11.9 Å². The molecule has 1 amide bonds. The summed E-state index contributed by atoms with van der Waals surface area (Å²) in [4.78, 5) is 24.1. The van der Waals surface area contributed by atoms with Crippen molar-refractivity contribution in [3.05, 3.63) is 81.6 Å². The number of carbonyl (C=O) groups is 2. The van der Waals surface area contributed by atoms with E-state index >= 15 is 0 Å². The number of benzene rings is 2. The van der Waals surface area contributed by atoms with Crippen LogP contribution in [-0.4, -0.2) is 28.7 Å². The number of nitrogens with zero attached hydrogens (tertiary/aromatic N) is 2. The Morgan fingerprint density at radius 2 is 1.94 bits per heavy atom. The van der Waals surface area contributed by atoms with E-state index in [-0.39, 0.29) is 16.2 Å². The molecular weight excluding hydrogens is 430 g/mol. The van der Waals surface area contributed by atoms with Crippen LogP contribution < -0.4 is 10.1 Å². The summed E-state index contributed by atoms with van der Waals surface area (Å²) in [6.45, 7) is 3.67. The third kappa shape index (κ3) is 4.66. The predicted octanol–water partition coefficient (Wildman–Crippen LogP) is 5.00. The fourth-order valence-electron chi connectivity index (χ4n) is 3.35. The van der Waals surface area contributed by atoms with Gasteiger partial charge in [-0.2, -0.15) is 5.26 Å². The first-order valence-corrected chi connectivity index (χ1v) is 9.92. The molecule has 0 saturated carbocycles. The van der Waals surface area contributed by atoms with Crippen LogP contribution in [0, 0.1) is 25.2 Å². The molecule has 1 aromatic heterocycles. The van der Waals surface area contributed by atoms with Gasteiger partial charge in [0.2, 0.25) is 0 Å². The summed E-state index contributed by atoms with van der Waals surface area (Å²) >= 11 is 5.98. The standard InChI is InChI=1S/C24H20ClN3O4/c1-14-9-16(15(2)28(14)19-7-8-22(25)21(12-19)24(30)31)10-17(13-26)23(29)27-18-5-4-6-20(11-18)32-3/h4-12H,1-3H3,(H,27,29)(H,30,31)/b17-10-. The minimum Gasteiger partial charge on any atom is -0.497 e. The van der Waals surface area contributed by atoms with E-state index in [1.165, 1.54) is 25.3 Å². The molecule has 1 heterocycles. The molecule has 0 radical (unpaired) electrons. The molecular formula is C24H20ClN3O4. The summed E-state index contributed by atoms with van der Waals surface area (Å²) in [5, 5.41) is 21.7. The van der Waals surface area contributed by atoms with Crippen molar-refractivity contribution in [2.45, 2.75) is 13.8 Å². The highest BCUT2D eigenvalue weighted by Crippen LogP contribution is 2.26. The lowest BCUT2D eigenvalue weighted by molar-refractivity contribution is -0.112. The van der Waals surface area contributed by atoms with Gasteiger partial charge >= 0.3 is 5.97 Å². The molecule has 0 fully saturated rings. The van der Waals surface area contributed by atoms with Crippen LogP contribution in [0.4, 0.5) is 5.69 Å². The Kier molecular flexibility index (Phi) is 6.67. The average Bonchev–Trinajstić information content (AvgIpc) is 3.05. The summed E-state index contributed by atoms with van der Waals surface area (Å²) < 4.78 is 6.98. The average molecular weight is 450 g/mol. The second-order valence-corrected chi connectivity index (χ2v) is 7.39. The lowest BCUT2D eigenvalue weighted by atomic mass is 10.1. The second-order valence-electron chi connectivity index (χ2n) is 6.99. The van der Waals surface area contributed by atoms with E-state index in [1.54, 1.807) is 30.3 Å². The number of nitrogens with one attached hydrogen (secondary N) is 1. The summed E-state index contributed by atoms with van der Waals surface area (Å²) in [7, 11) is 1.53. The van der Waals surface area contributed by atoms with E-state index in [2.05, 4.69) is 5.32 Å². The van der Waals surface area contributed by atoms with Crippen LogP contribution in [0.1, 0.15) is 27.3 Å². The van der Waals surface area contributed by atoms with Crippen LogP contribution >= 0.6 is 11.6 Å².